The molecule has 3 aromatic carbocycles. The van der Waals surface area contributed by atoms with Crippen LogP contribution < -0.4 is 11.4 Å². The van der Waals surface area contributed by atoms with Gasteiger partial charge in [-0.2, -0.15) is 5.26 Å². The van der Waals surface area contributed by atoms with Crippen LogP contribution in [0.4, 0.5) is 0 Å². The van der Waals surface area contributed by atoms with E-state index >= 15 is 0 Å². The molecule has 0 saturated heterocycles. The van der Waals surface area contributed by atoms with Crippen LogP contribution in [-0.2, 0) is 20.1 Å². The van der Waals surface area contributed by atoms with Crippen molar-refractivity contribution >= 4 is 21.8 Å². The number of nitriles is 1. The number of benzene rings is 3. The van der Waals surface area contributed by atoms with Gasteiger partial charge in [0.05, 0.1) is 11.4 Å². The van der Waals surface area contributed by atoms with Crippen LogP contribution in [0.5, 0.6) is 0 Å². The number of aromatic nitrogens is 4. The Morgan fingerprint density at radius 2 is 1.64 bits per heavy atom. The molecule has 3 aromatic heterocycles. The van der Waals surface area contributed by atoms with E-state index in [1.54, 1.807) is 4.57 Å². The fourth-order valence-electron chi connectivity index (χ4n) is 5.12. The maximum Gasteiger partial charge on any atom is 0.331 e. The van der Waals surface area contributed by atoms with Crippen LogP contribution in [0.3, 0.4) is 0 Å². The van der Waals surface area contributed by atoms with Gasteiger partial charge in [0.1, 0.15) is 11.8 Å². The average Bonchev–Trinajstić information content (AvgIpc) is 3.55. The molecule has 0 aliphatic carbocycles. The number of nitrogens with one attached hydrogen (secondary N) is 1. The van der Waals surface area contributed by atoms with Gasteiger partial charge in [-0.25, -0.2) is 4.79 Å². The fourth-order valence-corrected chi connectivity index (χ4v) is 5.12. The van der Waals surface area contributed by atoms with Crippen LogP contribution >= 0.6 is 0 Å². The molecule has 0 fully saturated rings. The van der Waals surface area contributed by atoms with E-state index in [0.29, 0.717) is 18.8 Å². The maximum atomic E-state index is 13.3. The predicted octanol–water partition coefficient (Wildman–Crippen LogP) is 4.66. The van der Waals surface area contributed by atoms with Crippen LogP contribution in [0.1, 0.15) is 16.8 Å². The van der Waals surface area contributed by atoms with Gasteiger partial charge in [0.15, 0.2) is 0 Å². The van der Waals surface area contributed by atoms with Crippen molar-refractivity contribution in [2.45, 2.75) is 13.1 Å². The first-order valence-corrected chi connectivity index (χ1v) is 11.7. The number of hydrogen-bond donors (Lipinski definition) is 2. The topological polar surface area (TPSA) is 97.5 Å². The highest BCUT2D eigenvalue weighted by Crippen LogP contribution is 2.35. The summed E-state index contributed by atoms with van der Waals surface area (Å²) in [5, 5.41) is 11.9. The van der Waals surface area contributed by atoms with E-state index in [9.17, 15) is 10.1 Å². The minimum absolute atomic E-state index is 0.237. The highest BCUT2D eigenvalue weighted by atomic mass is 16.1. The van der Waals surface area contributed by atoms with Crippen molar-refractivity contribution < 1.29 is 0 Å². The van der Waals surface area contributed by atoms with Gasteiger partial charge in [-0.1, -0.05) is 60.7 Å². The lowest BCUT2D eigenvalue weighted by atomic mass is 10.1. The number of imidazole rings is 1. The third-order valence-electron chi connectivity index (χ3n) is 6.75. The van der Waals surface area contributed by atoms with Crippen molar-refractivity contribution in [1.82, 2.24) is 18.7 Å². The van der Waals surface area contributed by atoms with E-state index in [-0.39, 0.29) is 11.4 Å². The standard InChI is InChI=1S/C29H24N6O/c1-33-18-27(22-10-3-4-11-25(22)33)35-28(24(15-31)32-29(35)36)23-17-34(26-12-5-2-9-21(23)26)16-20-8-6-7-19(13-20)14-30/h2-13,17-18H,14,16,30H2,1H3,(H,32,36). The van der Waals surface area contributed by atoms with E-state index in [1.165, 1.54) is 0 Å². The molecule has 0 amide bonds. The molecule has 0 aliphatic rings. The summed E-state index contributed by atoms with van der Waals surface area (Å²) in [5.74, 6) is 0. The zero-order chi connectivity index (χ0) is 24.8. The second-order valence-corrected chi connectivity index (χ2v) is 8.96. The highest BCUT2D eigenvalue weighted by Gasteiger charge is 2.23. The molecule has 0 bridgehead atoms. The number of hydrogen-bond acceptors (Lipinski definition) is 3. The van der Waals surface area contributed by atoms with Crippen molar-refractivity contribution in [2.24, 2.45) is 12.8 Å². The van der Waals surface area contributed by atoms with Gasteiger partial charge >= 0.3 is 5.69 Å². The normalized spacial score (nSPS) is 11.4. The Morgan fingerprint density at radius 1 is 0.917 bits per heavy atom. The first-order chi connectivity index (χ1) is 17.6. The van der Waals surface area contributed by atoms with Gasteiger partial charge in [-0.3, -0.25) is 9.55 Å². The molecule has 0 radical (unpaired) electrons. The molecule has 36 heavy (non-hydrogen) atoms. The van der Waals surface area contributed by atoms with Gasteiger partial charge in [0.2, 0.25) is 0 Å². The van der Waals surface area contributed by atoms with Crippen LogP contribution in [0.25, 0.3) is 38.8 Å². The molecule has 0 atom stereocenters. The minimum Gasteiger partial charge on any atom is -0.348 e. The van der Waals surface area contributed by atoms with Gasteiger partial charge < -0.3 is 14.9 Å². The molecule has 7 nitrogen and oxygen atoms in total. The third kappa shape index (κ3) is 3.35. The summed E-state index contributed by atoms with van der Waals surface area (Å²) in [4.78, 5) is 16.1. The number of fused-ring (bicyclic) bond motifs is 2. The molecule has 0 saturated carbocycles. The molecular formula is C29H24N6O. The van der Waals surface area contributed by atoms with E-state index in [0.717, 1.165) is 44.2 Å². The molecule has 176 valence electrons. The third-order valence-corrected chi connectivity index (χ3v) is 6.75. The molecule has 6 rings (SSSR count). The number of aryl methyl sites for hydroxylation is 1. The van der Waals surface area contributed by atoms with Gasteiger partial charge in [-0.15, -0.1) is 0 Å². The van der Waals surface area contributed by atoms with Crippen molar-refractivity contribution in [2.75, 3.05) is 0 Å². The van der Waals surface area contributed by atoms with Gasteiger partial charge in [-0.05, 0) is 23.3 Å². The second-order valence-electron chi connectivity index (χ2n) is 8.96. The van der Waals surface area contributed by atoms with Crippen LogP contribution in [0.2, 0.25) is 0 Å². The molecule has 7 heteroatoms. The lowest BCUT2D eigenvalue weighted by molar-refractivity contribution is 0.834. The SMILES string of the molecule is Cn1cc(-n2c(-c3cn(Cc4cccc(CN)c4)c4ccccc34)c(C#N)[nH]c2=O)c2ccccc21. The molecule has 0 spiro atoms. The summed E-state index contributed by atoms with van der Waals surface area (Å²) in [6.07, 6.45) is 3.97. The summed E-state index contributed by atoms with van der Waals surface area (Å²) in [6, 6.07) is 26.4. The summed E-state index contributed by atoms with van der Waals surface area (Å²) in [6.45, 7) is 1.12. The predicted molar refractivity (Wildman–Crippen MR) is 142 cm³/mol. The summed E-state index contributed by atoms with van der Waals surface area (Å²) in [5.41, 5.74) is 12.1. The molecule has 3 N–H and O–H groups in total. The van der Waals surface area contributed by atoms with E-state index < -0.39 is 0 Å². The second kappa shape index (κ2) is 8.45. The average molecular weight is 473 g/mol. The number of nitrogens with zero attached hydrogens (tertiary/aromatic N) is 4. The number of rotatable bonds is 5. The maximum absolute atomic E-state index is 13.3. The summed E-state index contributed by atoms with van der Waals surface area (Å²) in [7, 11) is 1.95. The summed E-state index contributed by atoms with van der Waals surface area (Å²) >= 11 is 0. The Morgan fingerprint density at radius 3 is 2.42 bits per heavy atom. The molecular weight excluding hydrogens is 448 g/mol. The van der Waals surface area contributed by atoms with Crippen molar-refractivity contribution in [3.63, 3.8) is 0 Å². The van der Waals surface area contributed by atoms with E-state index in [4.69, 9.17) is 5.73 Å². The van der Waals surface area contributed by atoms with Crippen molar-refractivity contribution in [3.8, 4) is 23.0 Å². The fraction of sp³-hybridized carbons (Fsp3) is 0.103. The van der Waals surface area contributed by atoms with Gasteiger partial charge in [0, 0.05) is 59.9 Å². The Bertz CT molecular complexity index is 1860. The van der Waals surface area contributed by atoms with E-state index in [1.807, 2.05) is 78.6 Å². The molecule has 0 aliphatic heterocycles. The Kier molecular flexibility index (Phi) is 5.10. The monoisotopic (exact) mass is 472 g/mol. The zero-order valence-electron chi connectivity index (χ0n) is 19.8. The Labute approximate surface area is 207 Å². The number of nitrogens with two attached hydrogens (primary N) is 1. The smallest absolute Gasteiger partial charge is 0.331 e. The number of para-hydroxylation sites is 2. The Balaban J connectivity index is 1.61. The van der Waals surface area contributed by atoms with Crippen molar-refractivity contribution in [3.05, 3.63) is 112 Å². The lowest BCUT2D eigenvalue weighted by Gasteiger charge is -2.07. The van der Waals surface area contributed by atoms with Gasteiger partial charge in [0.25, 0.3) is 0 Å². The van der Waals surface area contributed by atoms with Crippen LogP contribution in [-0.4, -0.2) is 18.7 Å². The highest BCUT2D eigenvalue weighted by molar-refractivity contribution is 5.98. The minimum atomic E-state index is -0.342. The first-order valence-electron chi connectivity index (χ1n) is 11.7. The molecule has 6 aromatic rings. The van der Waals surface area contributed by atoms with E-state index in [2.05, 4.69) is 33.8 Å². The quantitative estimate of drug-likeness (QED) is 0.382. The number of aromatic amines is 1. The van der Waals surface area contributed by atoms with Crippen LogP contribution in [0.15, 0.2) is 90.0 Å². The zero-order valence-corrected chi connectivity index (χ0v) is 19.8. The summed E-state index contributed by atoms with van der Waals surface area (Å²) < 4.78 is 5.78. The van der Waals surface area contributed by atoms with Crippen LogP contribution in [0, 0.1) is 11.3 Å². The number of H-pyrrole nitrogens is 1. The Hall–Kier alpha value is -4.80. The lowest BCUT2D eigenvalue weighted by Crippen LogP contribution is -2.15. The first kappa shape index (κ1) is 21.7. The van der Waals surface area contributed by atoms with Crippen molar-refractivity contribution in [1.29, 1.82) is 5.26 Å². The molecule has 3 heterocycles. The largest absolute Gasteiger partial charge is 0.348 e. The molecule has 0 unspecified atom stereocenters.